The van der Waals surface area contributed by atoms with Gasteiger partial charge in [-0.25, -0.2) is 4.68 Å². The topological polar surface area (TPSA) is 44.1 Å². The second kappa shape index (κ2) is 5.36. The van der Waals surface area contributed by atoms with Crippen LogP contribution in [-0.2, 0) is 4.74 Å². The van der Waals surface area contributed by atoms with Crippen LogP contribution in [-0.4, -0.2) is 28.3 Å². The van der Waals surface area contributed by atoms with Gasteiger partial charge in [0.15, 0.2) is 0 Å². The molecule has 0 N–H and O–H groups in total. The van der Waals surface area contributed by atoms with Crippen LogP contribution in [0.4, 0.5) is 0 Å². The Kier molecular flexibility index (Phi) is 3.42. The molecule has 1 fully saturated rings. The predicted octanol–water partition coefficient (Wildman–Crippen LogP) is 2.62. The first-order valence-corrected chi connectivity index (χ1v) is 6.61. The number of aromatic nitrogens is 2. The van der Waals surface area contributed by atoms with E-state index in [1.807, 2.05) is 30.3 Å². The maximum absolute atomic E-state index is 12.5. The first-order valence-electron chi connectivity index (χ1n) is 6.61. The highest BCUT2D eigenvalue weighted by atomic mass is 16.5. The summed E-state index contributed by atoms with van der Waals surface area (Å²) >= 11 is 0. The molecular weight excluding hydrogens is 240 g/mol. The molecule has 1 saturated heterocycles. The third-order valence-corrected chi connectivity index (χ3v) is 3.37. The van der Waals surface area contributed by atoms with Crippen molar-refractivity contribution >= 4 is 5.78 Å². The van der Waals surface area contributed by atoms with Gasteiger partial charge in [0.25, 0.3) is 0 Å². The smallest absolute Gasteiger partial charge is 0.209 e. The zero-order valence-electron chi connectivity index (χ0n) is 10.7. The molecule has 0 bridgehead atoms. The van der Waals surface area contributed by atoms with Crippen LogP contribution in [0.1, 0.15) is 29.8 Å². The third-order valence-electron chi connectivity index (χ3n) is 3.37. The monoisotopic (exact) mass is 256 g/mol. The summed E-state index contributed by atoms with van der Waals surface area (Å²) in [4.78, 5) is 12.5. The number of carbonyl (C=O) groups excluding carboxylic acids is 1. The van der Waals surface area contributed by atoms with Gasteiger partial charge in [-0.05, 0) is 37.5 Å². The molecule has 1 aromatic carbocycles. The highest BCUT2D eigenvalue weighted by Gasteiger charge is 2.26. The molecule has 1 aliphatic rings. The van der Waals surface area contributed by atoms with E-state index in [9.17, 15) is 4.79 Å². The summed E-state index contributed by atoms with van der Waals surface area (Å²) in [6.07, 6.45) is 4.24. The Balaban J connectivity index is 1.89. The first kappa shape index (κ1) is 12.1. The normalized spacial score (nSPS) is 19.3. The summed E-state index contributed by atoms with van der Waals surface area (Å²) < 4.78 is 7.24. The maximum atomic E-state index is 12.5. The van der Waals surface area contributed by atoms with Gasteiger partial charge in [-0.15, -0.1) is 0 Å². The summed E-state index contributed by atoms with van der Waals surface area (Å²) in [5.41, 5.74) is 1.49. The Bertz CT molecular complexity index is 557. The van der Waals surface area contributed by atoms with Crippen molar-refractivity contribution in [3.8, 4) is 5.69 Å². The van der Waals surface area contributed by atoms with Crippen LogP contribution in [0.2, 0.25) is 0 Å². The number of ketones is 1. The van der Waals surface area contributed by atoms with Gasteiger partial charge in [0.2, 0.25) is 5.78 Å². The average molecular weight is 256 g/mol. The Hall–Kier alpha value is -1.94. The summed E-state index contributed by atoms with van der Waals surface area (Å²) in [5, 5.41) is 4.24. The van der Waals surface area contributed by atoms with E-state index in [0.717, 1.165) is 24.9 Å². The van der Waals surface area contributed by atoms with Gasteiger partial charge < -0.3 is 4.74 Å². The number of ether oxygens (including phenoxy) is 1. The van der Waals surface area contributed by atoms with Crippen LogP contribution < -0.4 is 0 Å². The van der Waals surface area contributed by atoms with Crippen LogP contribution in [0.5, 0.6) is 0 Å². The Morgan fingerprint density at radius 2 is 2.05 bits per heavy atom. The molecule has 0 aliphatic carbocycles. The molecule has 1 aliphatic heterocycles. The molecule has 98 valence electrons. The molecule has 4 nitrogen and oxygen atoms in total. The molecule has 1 aromatic heterocycles. The third kappa shape index (κ3) is 2.44. The zero-order chi connectivity index (χ0) is 13.1. The molecule has 2 heterocycles. The van der Waals surface area contributed by atoms with E-state index in [1.54, 1.807) is 16.9 Å². The van der Waals surface area contributed by atoms with E-state index in [0.29, 0.717) is 12.3 Å². The van der Waals surface area contributed by atoms with E-state index >= 15 is 0 Å². The van der Waals surface area contributed by atoms with E-state index in [4.69, 9.17) is 4.74 Å². The number of hydrogen-bond donors (Lipinski definition) is 0. The van der Waals surface area contributed by atoms with E-state index < -0.39 is 0 Å². The summed E-state index contributed by atoms with van der Waals surface area (Å²) in [6, 6.07) is 11.4. The fraction of sp³-hybridized carbons (Fsp3) is 0.333. The minimum absolute atomic E-state index is 0.0288. The van der Waals surface area contributed by atoms with E-state index in [2.05, 4.69) is 5.10 Å². The summed E-state index contributed by atoms with van der Waals surface area (Å²) in [5.74, 6) is 0.0288. The number of Topliss-reactive ketones (excluding diaryl/α,β-unsaturated/α-hetero) is 1. The Labute approximate surface area is 112 Å². The number of para-hydroxylation sites is 1. The molecule has 3 rings (SSSR count). The predicted molar refractivity (Wildman–Crippen MR) is 71.5 cm³/mol. The van der Waals surface area contributed by atoms with E-state index in [1.165, 1.54) is 0 Å². The maximum Gasteiger partial charge on any atom is 0.209 e. The quantitative estimate of drug-likeness (QED) is 0.793. The lowest BCUT2D eigenvalue weighted by Crippen LogP contribution is -2.29. The highest BCUT2D eigenvalue weighted by molar-refractivity contribution is 5.98. The zero-order valence-corrected chi connectivity index (χ0v) is 10.7. The highest BCUT2D eigenvalue weighted by Crippen LogP contribution is 2.19. The Morgan fingerprint density at radius 3 is 2.79 bits per heavy atom. The lowest BCUT2D eigenvalue weighted by Gasteiger charge is -2.21. The lowest BCUT2D eigenvalue weighted by molar-refractivity contribution is 0.0181. The van der Waals surface area contributed by atoms with Crippen molar-refractivity contribution in [3.63, 3.8) is 0 Å². The fourth-order valence-corrected chi connectivity index (χ4v) is 2.38. The minimum atomic E-state index is -0.312. The minimum Gasteiger partial charge on any atom is -0.370 e. The summed E-state index contributed by atoms with van der Waals surface area (Å²) in [6.45, 7) is 0.676. The molecular formula is C15H16N2O2. The van der Waals surface area contributed by atoms with Gasteiger partial charge in [0.05, 0.1) is 11.9 Å². The van der Waals surface area contributed by atoms with Crippen molar-refractivity contribution in [1.82, 2.24) is 9.78 Å². The number of benzene rings is 1. The SMILES string of the molecule is O=C(c1ccnn1-c1ccccc1)C1CCCCO1. The van der Waals surface area contributed by atoms with Gasteiger partial charge in [0, 0.05) is 6.61 Å². The van der Waals surface area contributed by atoms with Crippen LogP contribution in [0.15, 0.2) is 42.6 Å². The van der Waals surface area contributed by atoms with Gasteiger partial charge in [0.1, 0.15) is 11.8 Å². The van der Waals surface area contributed by atoms with Crippen molar-refractivity contribution in [3.05, 3.63) is 48.3 Å². The number of hydrogen-bond acceptors (Lipinski definition) is 3. The van der Waals surface area contributed by atoms with Crippen molar-refractivity contribution in [2.45, 2.75) is 25.4 Å². The molecule has 0 amide bonds. The van der Waals surface area contributed by atoms with Gasteiger partial charge >= 0.3 is 0 Å². The van der Waals surface area contributed by atoms with Crippen LogP contribution in [0.25, 0.3) is 5.69 Å². The Morgan fingerprint density at radius 1 is 1.21 bits per heavy atom. The summed E-state index contributed by atoms with van der Waals surface area (Å²) in [7, 11) is 0. The van der Waals surface area contributed by atoms with Gasteiger partial charge in [-0.3, -0.25) is 4.79 Å². The van der Waals surface area contributed by atoms with Crippen molar-refractivity contribution in [2.75, 3.05) is 6.61 Å². The second-order valence-electron chi connectivity index (χ2n) is 4.68. The average Bonchev–Trinajstić information content (AvgIpc) is 2.98. The number of nitrogens with zero attached hydrogens (tertiary/aromatic N) is 2. The molecule has 2 aromatic rings. The van der Waals surface area contributed by atoms with Gasteiger partial charge in [-0.2, -0.15) is 5.10 Å². The second-order valence-corrected chi connectivity index (χ2v) is 4.68. The molecule has 19 heavy (non-hydrogen) atoms. The molecule has 0 radical (unpaired) electrons. The first-order chi connectivity index (χ1) is 9.36. The van der Waals surface area contributed by atoms with Gasteiger partial charge in [-0.1, -0.05) is 18.2 Å². The largest absolute Gasteiger partial charge is 0.370 e. The molecule has 0 saturated carbocycles. The van der Waals surface area contributed by atoms with Crippen molar-refractivity contribution in [1.29, 1.82) is 0 Å². The standard InChI is InChI=1S/C15H16N2O2/c18-15(14-8-4-5-11-19-14)13-9-10-16-17(13)12-6-2-1-3-7-12/h1-3,6-7,9-10,14H,4-5,8,11H2. The van der Waals surface area contributed by atoms with Crippen molar-refractivity contribution in [2.24, 2.45) is 0 Å². The number of carbonyl (C=O) groups is 1. The number of rotatable bonds is 3. The molecule has 1 atom stereocenters. The van der Waals surface area contributed by atoms with Crippen molar-refractivity contribution < 1.29 is 9.53 Å². The van der Waals surface area contributed by atoms with E-state index in [-0.39, 0.29) is 11.9 Å². The molecule has 1 unspecified atom stereocenters. The fourth-order valence-electron chi connectivity index (χ4n) is 2.38. The molecule has 4 heteroatoms. The van der Waals surface area contributed by atoms with Crippen LogP contribution in [0.3, 0.4) is 0 Å². The lowest BCUT2D eigenvalue weighted by atomic mass is 10.0. The van der Waals surface area contributed by atoms with Crippen LogP contribution >= 0.6 is 0 Å². The van der Waals surface area contributed by atoms with Crippen LogP contribution in [0, 0.1) is 0 Å². The molecule has 0 spiro atoms.